The Balaban J connectivity index is 1.88. The highest BCUT2D eigenvalue weighted by atomic mass is 16.7. The van der Waals surface area contributed by atoms with Crippen molar-refractivity contribution in [2.24, 2.45) is 0 Å². The second-order valence-corrected chi connectivity index (χ2v) is 5.06. The highest BCUT2D eigenvalue weighted by Gasteiger charge is 2.45. The molecule has 0 amide bonds. The third-order valence-corrected chi connectivity index (χ3v) is 3.57. The van der Waals surface area contributed by atoms with Crippen LogP contribution in [0.2, 0.25) is 0 Å². The molecule has 2 saturated heterocycles. The van der Waals surface area contributed by atoms with E-state index in [1.54, 1.807) is 0 Å². The molecule has 0 aromatic heterocycles. The van der Waals surface area contributed by atoms with E-state index in [9.17, 15) is 30.6 Å². The fourth-order valence-electron chi connectivity index (χ4n) is 2.21. The number of hydrogen-bond acceptors (Lipinski definition) is 9. The first-order chi connectivity index (χ1) is 9.32. The van der Waals surface area contributed by atoms with Crippen molar-refractivity contribution in [3.8, 4) is 0 Å². The summed E-state index contributed by atoms with van der Waals surface area (Å²) in [6.45, 7) is 1.23. The Bertz CT molecular complexity index is 327. The van der Waals surface area contributed by atoms with Gasteiger partial charge in [-0.15, -0.1) is 0 Å². The van der Waals surface area contributed by atoms with Gasteiger partial charge < -0.3 is 44.8 Å². The van der Waals surface area contributed by atoms with Gasteiger partial charge >= 0.3 is 0 Å². The van der Waals surface area contributed by atoms with Gasteiger partial charge in [-0.25, -0.2) is 0 Å². The van der Waals surface area contributed by atoms with E-state index >= 15 is 0 Å². The van der Waals surface area contributed by atoms with Crippen LogP contribution in [-0.2, 0) is 14.2 Å². The molecule has 2 aliphatic heterocycles. The maximum absolute atomic E-state index is 9.71. The lowest BCUT2D eigenvalue weighted by Crippen LogP contribution is -2.57. The molecule has 9 atom stereocenters. The lowest BCUT2D eigenvalue weighted by molar-refractivity contribution is -0.299. The number of aliphatic hydroxyl groups excluding tert-OH is 6. The minimum atomic E-state index is -1.51. The van der Waals surface area contributed by atoms with Crippen molar-refractivity contribution in [1.82, 2.24) is 0 Å². The van der Waals surface area contributed by atoms with E-state index in [1.165, 1.54) is 6.92 Å². The lowest BCUT2D eigenvalue weighted by Gasteiger charge is -2.39. The van der Waals surface area contributed by atoms with Crippen LogP contribution >= 0.6 is 0 Å². The Labute approximate surface area is 114 Å². The van der Waals surface area contributed by atoms with Crippen LogP contribution in [0.3, 0.4) is 0 Å². The van der Waals surface area contributed by atoms with Gasteiger partial charge in [0.25, 0.3) is 0 Å². The molecule has 0 unspecified atom stereocenters. The zero-order valence-electron chi connectivity index (χ0n) is 10.8. The number of aliphatic hydroxyl groups is 6. The molecule has 2 rings (SSSR count). The fourth-order valence-corrected chi connectivity index (χ4v) is 2.21. The third kappa shape index (κ3) is 2.96. The van der Waals surface area contributed by atoms with E-state index < -0.39 is 55.3 Å². The second-order valence-electron chi connectivity index (χ2n) is 5.06. The molecular weight excluding hydrogens is 276 g/mol. The zero-order valence-corrected chi connectivity index (χ0v) is 10.8. The van der Waals surface area contributed by atoms with Gasteiger partial charge in [0.15, 0.2) is 12.6 Å². The zero-order chi connectivity index (χ0) is 15.0. The SMILES string of the molecule is C[C@@H]1O[C@H](OC[C@H]2O[C@@H](O)[C@H](O)[C@@H]2O)[C@H](O)[C@H](O)[C@H]1O. The van der Waals surface area contributed by atoms with E-state index in [0.717, 1.165) is 0 Å². The van der Waals surface area contributed by atoms with Crippen LogP contribution in [0, 0.1) is 0 Å². The quantitative estimate of drug-likeness (QED) is 0.309. The van der Waals surface area contributed by atoms with E-state index in [0.29, 0.717) is 0 Å². The molecule has 0 aromatic rings. The minimum Gasteiger partial charge on any atom is -0.388 e. The van der Waals surface area contributed by atoms with Crippen LogP contribution in [0.1, 0.15) is 6.92 Å². The summed E-state index contributed by atoms with van der Waals surface area (Å²) < 4.78 is 15.2. The van der Waals surface area contributed by atoms with Gasteiger partial charge in [0.1, 0.15) is 36.6 Å². The monoisotopic (exact) mass is 296 g/mol. The van der Waals surface area contributed by atoms with Crippen molar-refractivity contribution < 1.29 is 44.8 Å². The summed E-state index contributed by atoms with van der Waals surface area (Å²) in [6.07, 6.45) is -11.4. The molecule has 0 aromatic carbocycles. The molecule has 0 spiro atoms. The average Bonchev–Trinajstić information content (AvgIpc) is 2.66. The predicted molar refractivity (Wildman–Crippen MR) is 61.2 cm³/mol. The lowest BCUT2D eigenvalue weighted by atomic mass is 10.00. The highest BCUT2D eigenvalue weighted by Crippen LogP contribution is 2.24. The first kappa shape index (κ1) is 16.0. The van der Waals surface area contributed by atoms with Crippen LogP contribution < -0.4 is 0 Å². The summed E-state index contributed by atoms with van der Waals surface area (Å²) in [5.74, 6) is 0. The summed E-state index contributed by atoms with van der Waals surface area (Å²) >= 11 is 0. The second kappa shape index (κ2) is 6.18. The molecular formula is C11H20O9. The van der Waals surface area contributed by atoms with Gasteiger partial charge in [0.2, 0.25) is 0 Å². The van der Waals surface area contributed by atoms with E-state index in [2.05, 4.69) is 0 Å². The molecule has 0 radical (unpaired) electrons. The van der Waals surface area contributed by atoms with E-state index in [1.807, 2.05) is 0 Å². The van der Waals surface area contributed by atoms with Crippen molar-refractivity contribution in [1.29, 1.82) is 0 Å². The Hall–Kier alpha value is -0.360. The summed E-state index contributed by atoms with van der Waals surface area (Å²) in [7, 11) is 0. The number of ether oxygens (including phenoxy) is 3. The van der Waals surface area contributed by atoms with Gasteiger partial charge in [-0.3, -0.25) is 0 Å². The molecule has 0 aliphatic carbocycles. The van der Waals surface area contributed by atoms with Gasteiger partial charge in [-0.2, -0.15) is 0 Å². The summed E-state index contributed by atoms with van der Waals surface area (Å²) in [6, 6.07) is 0. The Morgan fingerprint density at radius 3 is 2.00 bits per heavy atom. The van der Waals surface area contributed by atoms with Crippen LogP contribution in [0.25, 0.3) is 0 Å². The van der Waals surface area contributed by atoms with Crippen molar-refractivity contribution in [2.75, 3.05) is 6.61 Å². The van der Waals surface area contributed by atoms with Crippen LogP contribution in [0.5, 0.6) is 0 Å². The first-order valence-corrected chi connectivity index (χ1v) is 6.34. The molecule has 9 heteroatoms. The fraction of sp³-hybridized carbons (Fsp3) is 1.00. The molecule has 9 nitrogen and oxygen atoms in total. The molecule has 0 saturated carbocycles. The van der Waals surface area contributed by atoms with Gasteiger partial charge in [0, 0.05) is 0 Å². The standard InChI is InChI=1S/C11H20O9/c1-3-5(12)7(14)9(16)11(19-3)18-2-4-6(13)8(15)10(17)20-4/h3-17H,2H2,1H3/t3-,4+,5-,6+,7+,8+,9+,10+,11-/m0/s1. The van der Waals surface area contributed by atoms with Crippen LogP contribution in [-0.4, -0.2) is 92.6 Å². The van der Waals surface area contributed by atoms with E-state index in [-0.39, 0.29) is 6.61 Å². The van der Waals surface area contributed by atoms with Crippen molar-refractivity contribution in [3.05, 3.63) is 0 Å². The van der Waals surface area contributed by atoms with Gasteiger partial charge in [0.05, 0.1) is 12.7 Å². The van der Waals surface area contributed by atoms with E-state index in [4.69, 9.17) is 14.2 Å². The molecule has 20 heavy (non-hydrogen) atoms. The van der Waals surface area contributed by atoms with Crippen LogP contribution in [0.15, 0.2) is 0 Å². The van der Waals surface area contributed by atoms with Crippen molar-refractivity contribution in [2.45, 2.75) is 62.2 Å². The highest BCUT2D eigenvalue weighted by molar-refractivity contribution is 4.89. The Kier molecular flexibility index (Phi) is 4.95. The maximum Gasteiger partial charge on any atom is 0.186 e. The summed E-state index contributed by atoms with van der Waals surface area (Å²) in [4.78, 5) is 0. The maximum atomic E-state index is 9.71. The summed E-state index contributed by atoms with van der Waals surface area (Å²) in [5.41, 5.74) is 0. The Morgan fingerprint density at radius 2 is 1.45 bits per heavy atom. The molecule has 6 N–H and O–H groups in total. The van der Waals surface area contributed by atoms with Gasteiger partial charge in [-0.1, -0.05) is 0 Å². The molecule has 0 bridgehead atoms. The summed E-state index contributed by atoms with van der Waals surface area (Å²) in [5, 5.41) is 56.9. The normalized spacial score (nSPS) is 53.2. The third-order valence-electron chi connectivity index (χ3n) is 3.57. The smallest absolute Gasteiger partial charge is 0.186 e. The van der Waals surface area contributed by atoms with Gasteiger partial charge in [-0.05, 0) is 6.92 Å². The molecule has 2 fully saturated rings. The van der Waals surface area contributed by atoms with Crippen molar-refractivity contribution in [3.63, 3.8) is 0 Å². The molecule has 2 aliphatic rings. The van der Waals surface area contributed by atoms with Crippen LogP contribution in [0.4, 0.5) is 0 Å². The van der Waals surface area contributed by atoms with Crippen molar-refractivity contribution >= 4 is 0 Å². The molecule has 118 valence electrons. The topological polar surface area (TPSA) is 149 Å². The first-order valence-electron chi connectivity index (χ1n) is 6.34. The molecule has 2 heterocycles. The Morgan fingerprint density at radius 1 is 0.800 bits per heavy atom. The number of rotatable bonds is 3. The number of hydrogen-bond donors (Lipinski definition) is 6. The minimum absolute atomic E-state index is 0.271. The average molecular weight is 296 g/mol. The predicted octanol–water partition coefficient (Wildman–Crippen LogP) is -3.73. The largest absolute Gasteiger partial charge is 0.388 e.